The van der Waals surface area contributed by atoms with Crippen molar-refractivity contribution in [2.24, 2.45) is 0 Å². The van der Waals surface area contributed by atoms with Crippen LogP contribution in [0.5, 0.6) is 0 Å². The summed E-state index contributed by atoms with van der Waals surface area (Å²) in [5.41, 5.74) is 5.71. The van der Waals surface area contributed by atoms with Gasteiger partial charge in [0, 0.05) is 35.5 Å². The van der Waals surface area contributed by atoms with E-state index in [2.05, 4.69) is 5.32 Å². The lowest BCUT2D eigenvalue weighted by molar-refractivity contribution is 0.0546. The second kappa shape index (κ2) is 10.5. The van der Waals surface area contributed by atoms with Crippen LogP contribution in [0.3, 0.4) is 0 Å². The fourth-order valence-corrected chi connectivity index (χ4v) is 4.03. The first-order valence-electron chi connectivity index (χ1n) is 11.4. The number of hydrogen-bond acceptors (Lipinski definition) is 5. The lowest BCUT2D eigenvalue weighted by atomic mass is 9.99. The van der Waals surface area contributed by atoms with E-state index >= 15 is 0 Å². The van der Waals surface area contributed by atoms with Gasteiger partial charge in [0.2, 0.25) is 0 Å². The van der Waals surface area contributed by atoms with Gasteiger partial charge >= 0.3 is 0 Å². The van der Waals surface area contributed by atoms with Crippen molar-refractivity contribution in [3.63, 3.8) is 0 Å². The number of rotatable bonds is 5. The van der Waals surface area contributed by atoms with Gasteiger partial charge in [0.1, 0.15) is 0 Å². The number of aliphatic hydroxyl groups excluding tert-OH is 1. The minimum Gasteiger partial charge on any atom is -0.393 e. The third-order valence-electron chi connectivity index (χ3n) is 6.09. The van der Waals surface area contributed by atoms with E-state index in [1.54, 1.807) is 65.0 Å². The molecule has 8 nitrogen and oxygen atoms in total. The van der Waals surface area contributed by atoms with E-state index in [-0.39, 0.29) is 17.4 Å². The highest BCUT2D eigenvalue weighted by Crippen LogP contribution is 2.27. The third-order valence-corrected chi connectivity index (χ3v) is 6.09. The molecule has 180 valence electrons. The van der Waals surface area contributed by atoms with Crippen LogP contribution < -0.4 is 10.8 Å². The summed E-state index contributed by atoms with van der Waals surface area (Å²) in [6.07, 6.45) is 0.651. The molecule has 1 fully saturated rings. The van der Waals surface area contributed by atoms with E-state index in [0.29, 0.717) is 48.3 Å². The number of benzene rings is 3. The first kappa shape index (κ1) is 24.1. The van der Waals surface area contributed by atoms with Crippen LogP contribution in [0.4, 0.5) is 5.69 Å². The summed E-state index contributed by atoms with van der Waals surface area (Å²) >= 11 is 0. The first-order valence-corrected chi connectivity index (χ1v) is 11.4. The minimum absolute atomic E-state index is 0.180. The molecule has 0 saturated carbocycles. The maximum atomic E-state index is 13.3. The summed E-state index contributed by atoms with van der Waals surface area (Å²) in [5, 5.41) is 21.5. The van der Waals surface area contributed by atoms with Gasteiger partial charge in [-0.15, -0.1) is 0 Å². The zero-order chi connectivity index (χ0) is 24.9. The first-order chi connectivity index (χ1) is 16.8. The largest absolute Gasteiger partial charge is 0.393 e. The van der Waals surface area contributed by atoms with E-state index in [0.717, 1.165) is 11.1 Å². The summed E-state index contributed by atoms with van der Waals surface area (Å²) in [7, 11) is 0. The molecular formula is C27H27N3O5. The number of piperidine rings is 1. The zero-order valence-corrected chi connectivity index (χ0v) is 19.3. The Balaban J connectivity index is 1.67. The molecule has 0 aromatic heterocycles. The van der Waals surface area contributed by atoms with Crippen LogP contribution in [0.1, 0.15) is 49.5 Å². The minimum atomic E-state index is -0.626. The number of nitrogens with one attached hydrogen (secondary N) is 2. The number of carbonyl (C=O) groups is 3. The molecule has 1 saturated heterocycles. The van der Waals surface area contributed by atoms with Gasteiger partial charge in [-0.3, -0.25) is 19.6 Å². The number of hydroxylamine groups is 1. The highest BCUT2D eigenvalue weighted by Gasteiger charge is 2.23. The van der Waals surface area contributed by atoms with E-state index in [9.17, 15) is 19.5 Å². The van der Waals surface area contributed by atoms with Crippen LogP contribution in [0.2, 0.25) is 0 Å². The molecule has 0 aliphatic carbocycles. The average molecular weight is 474 g/mol. The van der Waals surface area contributed by atoms with Crippen molar-refractivity contribution < 1.29 is 24.7 Å². The Labute approximate surface area is 203 Å². The predicted molar refractivity (Wildman–Crippen MR) is 131 cm³/mol. The van der Waals surface area contributed by atoms with Crippen LogP contribution in [-0.2, 0) is 0 Å². The Morgan fingerprint density at radius 1 is 0.800 bits per heavy atom. The molecule has 8 heteroatoms. The fourth-order valence-electron chi connectivity index (χ4n) is 4.03. The van der Waals surface area contributed by atoms with Crippen molar-refractivity contribution >= 4 is 23.4 Å². The highest BCUT2D eigenvalue weighted by molar-refractivity contribution is 6.06. The lowest BCUT2D eigenvalue weighted by Crippen LogP contribution is -2.40. The Morgan fingerprint density at radius 2 is 1.40 bits per heavy atom. The van der Waals surface area contributed by atoms with Gasteiger partial charge < -0.3 is 15.3 Å². The van der Waals surface area contributed by atoms with Gasteiger partial charge in [-0.2, -0.15) is 0 Å². The van der Waals surface area contributed by atoms with Gasteiger partial charge in [-0.05, 0) is 73.4 Å². The second-order valence-corrected chi connectivity index (χ2v) is 8.66. The molecule has 4 rings (SSSR count). The van der Waals surface area contributed by atoms with Crippen molar-refractivity contribution in [1.29, 1.82) is 0 Å². The Morgan fingerprint density at radius 3 is 2.03 bits per heavy atom. The van der Waals surface area contributed by atoms with Gasteiger partial charge in [0.15, 0.2) is 0 Å². The molecular weight excluding hydrogens is 446 g/mol. The van der Waals surface area contributed by atoms with Crippen molar-refractivity contribution in [1.82, 2.24) is 10.4 Å². The van der Waals surface area contributed by atoms with Gasteiger partial charge in [0.25, 0.3) is 17.7 Å². The van der Waals surface area contributed by atoms with Crippen LogP contribution >= 0.6 is 0 Å². The Kier molecular flexibility index (Phi) is 7.24. The number of anilines is 1. The van der Waals surface area contributed by atoms with E-state index < -0.39 is 12.0 Å². The normalized spacial score (nSPS) is 13.9. The van der Waals surface area contributed by atoms with Gasteiger partial charge in [-0.1, -0.05) is 29.8 Å². The van der Waals surface area contributed by atoms with Gasteiger partial charge in [0.05, 0.1) is 6.10 Å². The molecule has 0 radical (unpaired) electrons. The van der Waals surface area contributed by atoms with E-state index in [4.69, 9.17) is 5.21 Å². The second-order valence-electron chi connectivity index (χ2n) is 8.66. The van der Waals surface area contributed by atoms with Crippen LogP contribution in [-0.4, -0.2) is 52.1 Å². The molecule has 1 aliphatic heterocycles. The van der Waals surface area contributed by atoms with Crippen LogP contribution in [0.25, 0.3) is 11.1 Å². The molecule has 0 atom stereocenters. The summed E-state index contributed by atoms with van der Waals surface area (Å²) in [6.45, 7) is 2.86. The molecule has 3 amide bonds. The fraction of sp³-hybridized carbons (Fsp3) is 0.222. The maximum Gasteiger partial charge on any atom is 0.274 e. The SMILES string of the molecule is Cc1ccc(C(=O)Nc2cc(C(=O)N3CCC(O)CC3)cc(-c3ccc(C(=O)NO)cc3)c2)cc1. The molecule has 35 heavy (non-hydrogen) atoms. The molecule has 1 heterocycles. The van der Waals surface area contributed by atoms with Crippen molar-refractivity contribution in [2.45, 2.75) is 25.9 Å². The van der Waals surface area contributed by atoms with Gasteiger partial charge in [-0.25, -0.2) is 5.48 Å². The number of hydrogen-bond donors (Lipinski definition) is 4. The number of carbonyl (C=O) groups excluding carboxylic acids is 3. The Bertz CT molecular complexity index is 1230. The quantitative estimate of drug-likeness (QED) is 0.333. The topological polar surface area (TPSA) is 119 Å². The van der Waals surface area contributed by atoms with Crippen LogP contribution in [0.15, 0.2) is 66.7 Å². The highest BCUT2D eigenvalue weighted by atomic mass is 16.5. The van der Waals surface area contributed by atoms with Crippen molar-refractivity contribution in [2.75, 3.05) is 18.4 Å². The zero-order valence-electron chi connectivity index (χ0n) is 19.3. The number of amides is 3. The summed E-state index contributed by atoms with van der Waals surface area (Å²) < 4.78 is 0. The van der Waals surface area contributed by atoms with Crippen molar-refractivity contribution in [3.05, 3.63) is 89.0 Å². The molecule has 3 aromatic rings. The molecule has 0 unspecified atom stereocenters. The van der Waals surface area contributed by atoms with E-state index in [1.165, 1.54) is 0 Å². The lowest BCUT2D eigenvalue weighted by Gasteiger charge is -2.30. The third kappa shape index (κ3) is 5.74. The molecule has 1 aliphatic rings. The van der Waals surface area contributed by atoms with E-state index in [1.807, 2.05) is 19.1 Å². The Hall–Kier alpha value is -4.01. The van der Waals surface area contributed by atoms with Crippen molar-refractivity contribution in [3.8, 4) is 11.1 Å². The number of nitrogens with zero attached hydrogens (tertiary/aromatic N) is 1. The average Bonchev–Trinajstić information content (AvgIpc) is 2.88. The number of likely N-dealkylation sites (tertiary alicyclic amines) is 1. The molecule has 4 N–H and O–H groups in total. The maximum absolute atomic E-state index is 13.3. The monoisotopic (exact) mass is 473 g/mol. The smallest absolute Gasteiger partial charge is 0.274 e. The summed E-state index contributed by atoms with van der Waals surface area (Å²) in [6, 6.07) is 18.9. The number of aliphatic hydroxyl groups is 1. The molecule has 3 aromatic carbocycles. The number of aryl methyl sites for hydroxylation is 1. The molecule has 0 bridgehead atoms. The summed E-state index contributed by atoms with van der Waals surface area (Å²) in [4.78, 5) is 39.5. The predicted octanol–water partition coefficient (Wildman–Crippen LogP) is 3.63. The van der Waals surface area contributed by atoms with Crippen LogP contribution in [0, 0.1) is 6.92 Å². The molecule has 0 spiro atoms. The standard InChI is InChI=1S/C27H27N3O5/c1-17-2-4-19(5-3-17)25(32)28-23-15-21(18-6-8-20(9-7-18)26(33)29-35)14-22(16-23)27(34)30-12-10-24(31)11-13-30/h2-9,14-16,24,31,35H,10-13H2,1H3,(H,28,32)(H,29,33). The summed E-state index contributed by atoms with van der Waals surface area (Å²) in [5.74, 6) is -1.10.